The molecule has 0 aromatic heterocycles. The van der Waals surface area contributed by atoms with Crippen LogP contribution in [0.25, 0.3) is 0 Å². The molecule has 0 spiro atoms. The third-order valence-corrected chi connectivity index (χ3v) is 2.66. The fraction of sp³-hybridized carbons (Fsp3) is 0.455. The number of quaternary nitrogens is 1. The molecule has 3 heteroatoms. The molecule has 2 N–H and O–H groups in total. The highest BCUT2D eigenvalue weighted by molar-refractivity contribution is 5.52. The smallest absolute Gasteiger partial charge is 0.0934 e. The maximum atomic E-state index is 2.48. The van der Waals surface area contributed by atoms with Crippen molar-refractivity contribution in [2.45, 2.75) is 6.92 Å². The van der Waals surface area contributed by atoms with Crippen LogP contribution in [0.5, 0.6) is 0 Å². The van der Waals surface area contributed by atoms with E-state index in [4.69, 9.17) is 0 Å². The summed E-state index contributed by atoms with van der Waals surface area (Å²) in [7, 11) is 0. The number of hydrogen-bond donors (Lipinski definition) is 1. The number of piperazine rings is 1. The van der Waals surface area contributed by atoms with Crippen LogP contribution in [0.2, 0.25) is 0 Å². The predicted octanol–water partition coefficient (Wildman–Crippen LogP) is -2.62. The van der Waals surface area contributed by atoms with E-state index in [1.54, 1.807) is 0 Å². The minimum atomic E-state index is 0. The van der Waals surface area contributed by atoms with Crippen molar-refractivity contribution >= 4 is 5.69 Å². The molecule has 0 unspecified atom stereocenters. The number of nitrogens with zero attached hydrogens (tertiary/aromatic N) is 1. The number of aryl methyl sites for hydroxylation is 1. The minimum Gasteiger partial charge on any atom is -1.00 e. The Labute approximate surface area is 91.7 Å². The highest BCUT2D eigenvalue weighted by atomic mass is 35.5. The van der Waals surface area contributed by atoms with Crippen LogP contribution < -0.4 is 22.6 Å². The summed E-state index contributed by atoms with van der Waals surface area (Å²) in [5.74, 6) is 0. The van der Waals surface area contributed by atoms with Crippen LogP contribution >= 0.6 is 0 Å². The topological polar surface area (TPSA) is 19.9 Å². The van der Waals surface area contributed by atoms with E-state index in [2.05, 4.69) is 41.4 Å². The number of hydrogen-bond acceptors (Lipinski definition) is 1. The van der Waals surface area contributed by atoms with Crippen molar-refractivity contribution in [2.24, 2.45) is 0 Å². The lowest BCUT2D eigenvalue weighted by Crippen LogP contribution is -3.00. The molecule has 1 aromatic carbocycles. The standard InChI is InChI=1S/C11H16N2.ClH/c1-10-4-2-3-5-11(10)13-8-6-12-7-9-13;/h2-5,12H,6-9H2,1H3;1H. The molecule has 14 heavy (non-hydrogen) atoms. The van der Waals surface area contributed by atoms with E-state index in [0.717, 1.165) is 0 Å². The van der Waals surface area contributed by atoms with Gasteiger partial charge < -0.3 is 22.6 Å². The molecular formula is C11H17ClN2. The summed E-state index contributed by atoms with van der Waals surface area (Å²) in [6, 6.07) is 8.64. The molecule has 1 aliphatic rings. The number of halogens is 1. The number of anilines is 1. The Morgan fingerprint density at radius 1 is 1.14 bits per heavy atom. The Bertz CT molecular complexity index is 282. The largest absolute Gasteiger partial charge is 1.00 e. The van der Waals surface area contributed by atoms with Crippen LogP contribution in [0, 0.1) is 6.92 Å². The van der Waals surface area contributed by atoms with Crippen molar-refractivity contribution in [1.29, 1.82) is 0 Å². The molecule has 78 valence electrons. The molecule has 1 saturated heterocycles. The Kier molecular flexibility index (Phi) is 4.23. The van der Waals surface area contributed by atoms with Gasteiger partial charge in [-0.05, 0) is 18.6 Å². The number of nitrogens with two attached hydrogens (primary N) is 1. The van der Waals surface area contributed by atoms with Crippen molar-refractivity contribution in [1.82, 2.24) is 0 Å². The second-order valence-corrected chi connectivity index (χ2v) is 3.64. The van der Waals surface area contributed by atoms with Gasteiger partial charge in [0.2, 0.25) is 0 Å². The molecular weight excluding hydrogens is 196 g/mol. The number of benzene rings is 1. The molecule has 1 aromatic rings. The summed E-state index contributed by atoms with van der Waals surface area (Å²) in [4.78, 5) is 2.48. The van der Waals surface area contributed by atoms with Gasteiger partial charge in [-0.2, -0.15) is 0 Å². The molecule has 0 atom stereocenters. The van der Waals surface area contributed by atoms with E-state index in [9.17, 15) is 0 Å². The lowest BCUT2D eigenvalue weighted by Gasteiger charge is -2.28. The quantitative estimate of drug-likeness (QED) is 0.541. The number of para-hydroxylation sites is 1. The molecule has 0 amide bonds. The molecule has 0 bridgehead atoms. The van der Waals surface area contributed by atoms with Gasteiger partial charge in [0.1, 0.15) is 0 Å². The Morgan fingerprint density at radius 3 is 2.43 bits per heavy atom. The van der Waals surface area contributed by atoms with E-state index < -0.39 is 0 Å². The molecule has 2 rings (SSSR count). The average molecular weight is 213 g/mol. The summed E-state index contributed by atoms with van der Waals surface area (Å²) in [5, 5.41) is 2.38. The van der Waals surface area contributed by atoms with E-state index in [1.807, 2.05) is 0 Å². The van der Waals surface area contributed by atoms with E-state index in [0.29, 0.717) is 0 Å². The normalized spacial score (nSPS) is 16.2. The summed E-state index contributed by atoms with van der Waals surface area (Å²) in [6.07, 6.45) is 0. The van der Waals surface area contributed by atoms with Gasteiger partial charge in [-0.3, -0.25) is 0 Å². The zero-order valence-electron chi connectivity index (χ0n) is 8.54. The fourth-order valence-corrected chi connectivity index (χ4v) is 1.91. The second kappa shape index (κ2) is 5.23. The van der Waals surface area contributed by atoms with Gasteiger partial charge in [-0.15, -0.1) is 0 Å². The maximum Gasteiger partial charge on any atom is 0.0934 e. The van der Waals surface area contributed by atoms with Crippen LogP contribution in [0.15, 0.2) is 24.3 Å². The molecule has 1 heterocycles. The van der Waals surface area contributed by atoms with Gasteiger partial charge in [-0.25, -0.2) is 0 Å². The molecule has 1 fully saturated rings. The summed E-state index contributed by atoms with van der Waals surface area (Å²) in [5.41, 5.74) is 2.81. The second-order valence-electron chi connectivity index (χ2n) is 3.64. The third-order valence-electron chi connectivity index (χ3n) is 2.66. The van der Waals surface area contributed by atoms with E-state index in [1.165, 1.54) is 37.4 Å². The first-order chi connectivity index (χ1) is 6.38. The Hall–Kier alpha value is -0.730. The monoisotopic (exact) mass is 212 g/mol. The van der Waals surface area contributed by atoms with Crippen molar-refractivity contribution in [3.8, 4) is 0 Å². The predicted molar refractivity (Wildman–Crippen MR) is 55.1 cm³/mol. The van der Waals surface area contributed by atoms with Crippen molar-refractivity contribution in [2.75, 3.05) is 31.1 Å². The maximum absolute atomic E-state index is 2.48. The lowest BCUT2D eigenvalue weighted by molar-refractivity contribution is -0.655. The van der Waals surface area contributed by atoms with E-state index >= 15 is 0 Å². The van der Waals surface area contributed by atoms with Crippen LogP contribution in [0.4, 0.5) is 5.69 Å². The highest BCUT2D eigenvalue weighted by Crippen LogP contribution is 2.18. The minimum absolute atomic E-state index is 0. The van der Waals surface area contributed by atoms with Gasteiger partial charge in [0, 0.05) is 5.69 Å². The van der Waals surface area contributed by atoms with Crippen LogP contribution in [0.1, 0.15) is 5.56 Å². The Balaban J connectivity index is 0.000000980. The van der Waals surface area contributed by atoms with Gasteiger partial charge >= 0.3 is 0 Å². The van der Waals surface area contributed by atoms with E-state index in [-0.39, 0.29) is 12.4 Å². The fourth-order valence-electron chi connectivity index (χ4n) is 1.91. The van der Waals surface area contributed by atoms with Crippen LogP contribution in [-0.4, -0.2) is 26.2 Å². The summed E-state index contributed by atoms with van der Waals surface area (Å²) >= 11 is 0. The molecule has 2 nitrogen and oxygen atoms in total. The molecule has 0 radical (unpaired) electrons. The van der Waals surface area contributed by atoms with Crippen LogP contribution in [-0.2, 0) is 0 Å². The zero-order chi connectivity index (χ0) is 9.10. The van der Waals surface area contributed by atoms with Gasteiger partial charge in [-0.1, -0.05) is 18.2 Å². The SMILES string of the molecule is Cc1ccccc1N1CC[NH2+]CC1.[Cl-]. The van der Waals surface area contributed by atoms with Crippen molar-refractivity contribution in [3.63, 3.8) is 0 Å². The first kappa shape index (κ1) is 11.3. The van der Waals surface area contributed by atoms with Gasteiger partial charge in [0.05, 0.1) is 26.2 Å². The molecule has 0 saturated carbocycles. The number of rotatable bonds is 1. The third kappa shape index (κ3) is 2.40. The lowest BCUT2D eigenvalue weighted by atomic mass is 10.1. The highest BCUT2D eigenvalue weighted by Gasteiger charge is 2.13. The van der Waals surface area contributed by atoms with Gasteiger partial charge in [0.25, 0.3) is 0 Å². The molecule has 1 aliphatic heterocycles. The Morgan fingerprint density at radius 2 is 1.79 bits per heavy atom. The summed E-state index contributed by atoms with van der Waals surface area (Å²) < 4.78 is 0. The first-order valence-corrected chi connectivity index (χ1v) is 5.00. The van der Waals surface area contributed by atoms with Gasteiger partial charge in [0.15, 0.2) is 0 Å². The zero-order valence-corrected chi connectivity index (χ0v) is 9.30. The summed E-state index contributed by atoms with van der Waals surface area (Å²) in [6.45, 7) is 7.02. The molecule has 0 aliphatic carbocycles. The first-order valence-electron chi connectivity index (χ1n) is 5.00. The van der Waals surface area contributed by atoms with Crippen molar-refractivity contribution < 1.29 is 17.7 Å². The van der Waals surface area contributed by atoms with Crippen molar-refractivity contribution in [3.05, 3.63) is 29.8 Å². The average Bonchev–Trinajstić information content (AvgIpc) is 2.20. The van der Waals surface area contributed by atoms with Crippen LogP contribution in [0.3, 0.4) is 0 Å².